The van der Waals surface area contributed by atoms with Crippen LogP contribution in [0.4, 0.5) is 0 Å². The standard InChI is InChI=1S/C24H25NO4/c1-16(2)29-21-12-10-19(11-13-21)24(27)28-15-23(26)22-14-17(3)25(18(22)4)20-8-6-5-7-9-20/h5-14,16H,15H2,1-4H3. The van der Waals surface area contributed by atoms with E-state index in [2.05, 4.69) is 0 Å². The van der Waals surface area contributed by atoms with Crippen LogP contribution in [0, 0.1) is 13.8 Å². The molecule has 5 nitrogen and oxygen atoms in total. The fourth-order valence-corrected chi connectivity index (χ4v) is 3.25. The number of Topliss-reactive ketones (excluding diaryl/α,β-unsaturated/α-hetero) is 1. The summed E-state index contributed by atoms with van der Waals surface area (Å²) >= 11 is 0. The number of esters is 1. The molecule has 0 saturated carbocycles. The molecule has 0 amide bonds. The van der Waals surface area contributed by atoms with Crippen LogP contribution >= 0.6 is 0 Å². The molecule has 2 aromatic carbocycles. The van der Waals surface area contributed by atoms with E-state index in [1.165, 1.54) is 0 Å². The predicted molar refractivity (Wildman–Crippen MR) is 112 cm³/mol. The number of carbonyl (C=O) groups is 2. The maximum Gasteiger partial charge on any atom is 0.338 e. The zero-order chi connectivity index (χ0) is 21.0. The third-order valence-electron chi connectivity index (χ3n) is 4.54. The normalized spacial score (nSPS) is 10.8. The van der Waals surface area contributed by atoms with Crippen molar-refractivity contribution in [2.45, 2.75) is 33.8 Å². The first kappa shape index (κ1) is 20.4. The van der Waals surface area contributed by atoms with E-state index in [1.54, 1.807) is 24.3 Å². The van der Waals surface area contributed by atoms with Crippen LogP contribution in [0.25, 0.3) is 5.69 Å². The van der Waals surface area contributed by atoms with Crippen molar-refractivity contribution in [2.24, 2.45) is 0 Å². The van der Waals surface area contributed by atoms with Gasteiger partial charge >= 0.3 is 5.97 Å². The number of carbonyl (C=O) groups excluding carboxylic acids is 2. The fraction of sp³-hybridized carbons (Fsp3) is 0.250. The molecule has 150 valence electrons. The molecule has 0 unspecified atom stereocenters. The highest BCUT2D eigenvalue weighted by atomic mass is 16.5. The van der Waals surface area contributed by atoms with Crippen molar-refractivity contribution in [1.82, 2.24) is 4.57 Å². The third kappa shape index (κ3) is 4.74. The van der Waals surface area contributed by atoms with Crippen molar-refractivity contribution in [2.75, 3.05) is 6.61 Å². The lowest BCUT2D eigenvalue weighted by Crippen LogP contribution is -2.15. The SMILES string of the molecule is Cc1cc(C(=O)COC(=O)c2ccc(OC(C)C)cc2)c(C)n1-c1ccccc1. The lowest BCUT2D eigenvalue weighted by Gasteiger charge is -2.10. The topological polar surface area (TPSA) is 57.5 Å². The van der Waals surface area contributed by atoms with Gasteiger partial charge in [-0.15, -0.1) is 0 Å². The molecule has 0 aliphatic carbocycles. The van der Waals surface area contributed by atoms with Crippen molar-refractivity contribution < 1.29 is 19.1 Å². The molecular formula is C24H25NO4. The Hall–Kier alpha value is -3.34. The van der Waals surface area contributed by atoms with Gasteiger partial charge < -0.3 is 14.0 Å². The molecule has 0 aliphatic heterocycles. The van der Waals surface area contributed by atoms with Crippen molar-refractivity contribution in [3.63, 3.8) is 0 Å². The highest BCUT2D eigenvalue weighted by Crippen LogP contribution is 2.21. The maximum atomic E-state index is 12.7. The summed E-state index contributed by atoms with van der Waals surface area (Å²) in [7, 11) is 0. The smallest absolute Gasteiger partial charge is 0.338 e. The molecule has 0 N–H and O–H groups in total. The van der Waals surface area contributed by atoms with Crippen molar-refractivity contribution >= 4 is 11.8 Å². The Morgan fingerprint density at radius 3 is 2.24 bits per heavy atom. The summed E-state index contributed by atoms with van der Waals surface area (Å²) in [4.78, 5) is 24.9. The molecule has 1 heterocycles. The molecule has 3 aromatic rings. The van der Waals surface area contributed by atoms with Crippen molar-refractivity contribution in [1.29, 1.82) is 0 Å². The average Bonchev–Trinajstić information content (AvgIpc) is 3.01. The summed E-state index contributed by atoms with van der Waals surface area (Å²) in [6.45, 7) is 7.40. The molecule has 1 aromatic heterocycles. The summed E-state index contributed by atoms with van der Waals surface area (Å²) in [6.07, 6.45) is 0.0558. The van der Waals surface area contributed by atoms with Gasteiger partial charge in [0.15, 0.2) is 6.61 Å². The Balaban J connectivity index is 1.67. The molecule has 0 aliphatic rings. The summed E-state index contributed by atoms with van der Waals surface area (Å²) < 4.78 is 12.8. The maximum absolute atomic E-state index is 12.7. The molecule has 0 bridgehead atoms. The average molecular weight is 391 g/mol. The van der Waals surface area contributed by atoms with Gasteiger partial charge in [-0.3, -0.25) is 4.79 Å². The third-order valence-corrected chi connectivity index (χ3v) is 4.54. The minimum atomic E-state index is -0.536. The van der Waals surface area contributed by atoms with E-state index in [4.69, 9.17) is 9.47 Å². The van der Waals surface area contributed by atoms with Crippen LogP contribution in [-0.2, 0) is 4.74 Å². The number of benzene rings is 2. The molecule has 3 rings (SSSR count). The van der Waals surface area contributed by atoms with Gasteiger partial charge in [-0.25, -0.2) is 4.79 Å². The number of nitrogens with zero attached hydrogens (tertiary/aromatic N) is 1. The minimum absolute atomic E-state index is 0.0558. The van der Waals surface area contributed by atoms with E-state index in [0.29, 0.717) is 16.9 Å². The minimum Gasteiger partial charge on any atom is -0.491 e. The molecule has 0 fully saturated rings. The summed E-state index contributed by atoms with van der Waals surface area (Å²) in [5.74, 6) is -0.0827. The Morgan fingerprint density at radius 2 is 1.62 bits per heavy atom. The van der Waals surface area contributed by atoms with Gasteiger partial charge in [0.1, 0.15) is 5.75 Å². The molecule has 0 spiro atoms. The van der Waals surface area contributed by atoms with Crippen LogP contribution in [0.5, 0.6) is 5.75 Å². The first-order valence-electron chi connectivity index (χ1n) is 9.58. The number of hydrogen-bond donors (Lipinski definition) is 0. The second kappa shape index (κ2) is 8.78. The number of rotatable bonds is 7. The number of aromatic nitrogens is 1. The summed E-state index contributed by atoms with van der Waals surface area (Å²) in [5.41, 5.74) is 3.69. The van der Waals surface area contributed by atoms with Crippen LogP contribution in [-0.4, -0.2) is 29.0 Å². The zero-order valence-corrected chi connectivity index (χ0v) is 17.1. The second-order valence-corrected chi connectivity index (χ2v) is 7.15. The highest BCUT2D eigenvalue weighted by molar-refractivity contribution is 6.00. The molecule has 29 heavy (non-hydrogen) atoms. The zero-order valence-electron chi connectivity index (χ0n) is 17.1. The molecular weight excluding hydrogens is 366 g/mol. The van der Waals surface area contributed by atoms with E-state index in [9.17, 15) is 9.59 Å². The Bertz CT molecular complexity index is 1000. The van der Waals surface area contributed by atoms with Gasteiger partial charge in [-0.1, -0.05) is 18.2 Å². The Kier molecular flexibility index (Phi) is 6.17. The number of ether oxygens (including phenoxy) is 2. The first-order chi connectivity index (χ1) is 13.9. The van der Waals surface area contributed by atoms with Gasteiger partial charge in [0.2, 0.25) is 5.78 Å². The van der Waals surface area contributed by atoms with Gasteiger partial charge in [0, 0.05) is 22.6 Å². The van der Waals surface area contributed by atoms with Gasteiger partial charge in [0.05, 0.1) is 11.7 Å². The fourth-order valence-electron chi connectivity index (χ4n) is 3.25. The van der Waals surface area contributed by atoms with E-state index < -0.39 is 5.97 Å². The van der Waals surface area contributed by atoms with Crippen molar-refractivity contribution in [3.05, 3.63) is 83.2 Å². The first-order valence-corrected chi connectivity index (χ1v) is 9.58. The molecule has 0 radical (unpaired) electrons. The lowest BCUT2D eigenvalue weighted by molar-refractivity contribution is 0.0474. The molecule has 0 atom stereocenters. The number of para-hydroxylation sites is 1. The van der Waals surface area contributed by atoms with E-state index in [-0.39, 0.29) is 18.5 Å². The quantitative estimate of drug-likeness (QED) is 0.424. The summed E-state index contributed by atoms with van der Waals surface area (Å²) in [6, 6.07) is 18.3. The van der Waals surface area contributed by atoms with Gasteiger partial charge in [0.25, 0.3) is 0 Å². The van der Waals surface area contributed by atoms with Crippen LogP contribution in [0.15, 0.2) is 60.7 Å². The number of aryl methyl sites for hydroxylation is 1. The Labute approximate surface area is 170 Å². The lowest BCUT2D eigenvalue weighted by atomic mass is 10.1. The highest BCUT2D eigenvalue weighted by Gasteiger charge is 2.18. The van der Waals surface area contributed by atoms with Gasteiger partial charge in [-0.05, 0) is 70.2 Å². The second-order valence-electron chi connectivity index (χ2n) is 7.15. The molecule has 0 saturated heterocycles. The van der Waals surface area contributed by atoms with E-state index >= 15 is 0 Å². The summed E-state index contributed by atoms with van der Waals surface area (Å²) in [5, 5.41) is 0. The van der Waals surface area contributed by atoms with Crippen molar-refractivity contribution in [3.8, 4) is 11.4 Å². The number of ketones is 1. The van der Waals surface area contributed by atoms with Crippen LogP contribution < -0.4 is 4.74 Å². The molecule has 5 heteroatoms. The predicted octanol–water partition coefficient (Wildman–Crippen LogP) is 4.92. The number of hydrogen-bond acceptors (Lipinski definition) is 4. The van der Waals surface area contributed by atoms with E-state index in [0.717, 1.165) is 17.1 Å². The van der Waals surface area contributed by atoms with Crippen LogP contribution in [0.1, 0.15) is 46.0 Å². The monoisotopic (exact) mass is 391 g/mol. The van der Waals surface area contributed by atoms with Crippen LogP contribution in [0.3, 0.4) is 0 Å². The van der Waals surface area contributed by atoms with Crippen LogP contribution in [0.2, 0.25) is 0 Å². The van der Waals surface area contributed by atoms with Gasteiger partial charge in [-0.2, -0.15) is 0 Å². The largest absolute Gasteiger partial charge is 0.491 e. The van der Waals surface area contributed by atoms with E-state index in [1.807, 2.05) is 68.7 Å². The Morgan fingerprint density at radius 1 is 0.966 bits per heavy atom.